The smallest absolute Gasteiger partial charge is 0.0957 e. The highest BCUT2D eigenvalue weighted by Crippen LogP contribution is 2.42. The Hall–Kier alpha value is -0.860. The molecule has 2 nitrogen and oxygen atoms in total. The Morgan fingerprint density at radius 3 is 2.68 bits per heavy atom. The van der Waals surface area contributed by atoms with Crippen LogP contribution in [0.1, 0.15) is 61.7 Å². The van der Waals surface area contributed by atoms with E-state index in [1.54, 1.807) is 0 Å². The molecule has 2 aliphatic carbocycles. The van der Waals surface area contributed by atoms with Crippen molar-refractivity contribution in [3.8, 4) is 0 Å². The average Bonchev–Trinajstić information content (AvgIpc) is 3.22. The normalized spacial score (nSPS) is 29.8. The second-order valence-corrected chi connectivity index (χ2v) is 6.57. The Bertz CT molecular complexity index is 460. The van der Waals surface area contributed by atoms with E-state index in [9.17, 15) is 0 Å². The molecule has 1 aromatic rings. The van der Waals surface area contributed by atoms with Crippen LogP contribution in [0, 0.1) is 0 Å². The number of benzene rings is 1. The van der Waals surface area contributed by atoms with Crippen LogP contribution in [0.2, 0.25) is 0 Å². The molecule has 1 saturated heterocycles. The van der Waals surface area contributed by atoms with Gasteiger partial charge in [0.2, 0.25) is 0 Å². The number of hydrogen-bond donors (Lipinski definition) is 1. The van der Waals surface area contributed by atoms with Gasteiger partial charge in [0.15, 0.2) is 0 Å². The van der Waals surface area contributed by atoms with Crippen LogP contribution in [0.5, 0.6) is 0 Å². The molecule has 2 heteroatoms. The van der Waals surface area contributed by atoms with E-state index < -0.39 is 0 Å². The van der Waals surface area contributed by atoms with Crippen molar-refractivity contribution in [3.05, 3.63) is 35.4 Å². The van der Waals surface area contributed by atoms with E-state index in [2.05, 4.69) is 29.6 Å². The molecule has 3 aliphatic rings. The zero-order valence-electron chi connectivity index (χ0n) is 11.5. The van der Waals surface area contributed by atoms with Crippen molar-refractivity contribution in [2.24, 2.45) is 0 Å². The first-order chi connectivity index (χ1) is 9.35. The highest BCUT2D eigenvalue weighted by atomic mass is 16.5. The minimum absolute atomic E-state index is 0.137. The molecule has 0 amide bonds. The maximum atomic E-state index is 6.51. The van der Waals surface area contributed by atoms with Gasteiger partial charge in [0.25, 0.3) is 0 Å². The minimum Gasteiger partial charge on any atom is -0.364 e. The molecular weight excluding hydrogens is 234 g/mol. The van der Waals surface area contributed by atoms with Crippen molar-refractivity contribution < 1.29 is 4.74 Å². The van der Waals surface area contributed by atoms with E-state index >= 15 is 0 Å². The number of rotatable bonds is 2. The topological polar surface area (TPSA) is 21.3 Å². The van der Waals surface area contributed by atoms with Gasteiger partial charge in [-0.15, -0.1) is 0 Å². The first-order valence-corrected chi connectivity index (χ1v) is 7.83. The Morgan fingerprint density at radius 1 is 1.11 bits per heavy atom. The van der Waals surface area contributed by atoms with Crippen molar-refractivity contribution in [1.29, 1.82) is 0 Å². The van der Waals surface area contributed by atoms with Crippen molar-refractivity contribution in [2.75, 3.05) is 13.1 Å². The number of nitrogens with one attached hydrogen (secondary N) is 1. The fourth-order valence-electron chi connectivity index (χ4n) is 3.75. The van der Waals surface area contributed by atoms with Gasteiger partial charge in [0, 0.05) is 13.1 Å². The van der Waals surface area contributed by atoms with Gasteiger partial charge in [-0.25, -0.2) is 0 Å². The quantitative estimate of drug-likeness (QED) is 0.875. The van der Waals surface area contributed by atoms with Crippen molar-refractivity contribution in [3.63, 3.8) is 0 Å². The van der Waals surface area contributed by atoms with Crippen LogP contribution in [0.3, 0.4) is 0 Å². The molecule has 4 rings (SSSR count). The molecule has 19 heavy (non-hydrogen) atoms. The monoisotopic (exact) mass is 257 g/mol. The molecule has 1 spiro atoms. The maximum Gasteiger partial charge on any atom is 0.0957 e. The van der Waals surface area contributed by atoms with E-state index in [0.29, 0.717) is 0 Å². The van der Waals surface area contributed by atoms with E-state index in [1.165, 1.54) is 49.7 Å². The van der Waals surface area contributed by atoms with Gasteiger partial charge in [0.05, 0.1) is 11.7 Å². The summed E-state index contributed by atoms with van der Waals surface area (Å²) in [4.78, 5) is 0. The van der Waals surface area contributed by atoms with Crippen LogP contribution in [-0.4, -0.2) is 18.7 Å². The molecule has 1 atom stereocenters. The molecule has 0 radical (unpaired) electrons. The Balaban J connectivity index is 1.55. The molecular formula is C17H23NO. The summed E-state index contributed by atoms with van der Waals surface area (Å²) in [6.45, 7) is 2.02. The predicted molar refractivity (Wildman–Crippen MR) is 76.3 cm³/mol. The molecule has 2 saturated carbocycles. The molecule has 1 aromatic carbocycles. The zero-order valence-corrected chi connectivity index (χ0v) is 11.5. The highest BCUT2D eigenvalue weighted by molar-refractivity contribution is 5.31. The van der Waals surface area contributed by atoms with Gasteiger partial charge < -0.3 is 10.1 Å². The van der Waals surface area contributed by atoms with Gasteiger partial charge in [-0.2, -0.15) is 0 Å². The molecule has 1 unspecified atom stereocenters. The number of hydrogen-bond acceptors (Lipinski definition) is 2. The van der Waals surface area contributed by atoms with E-state index in [-0.39, 0.29) is 11.7 Å². The summed E-state index contributed by atoms with van der Waals surface area (Å²) in [6.07, 6.45) is 8.13. The Morgan fingerprint density at radius 2 is 1.89 bits per heavy atom. The van der Waals surface area contributed by atoms with Crippen LogP contribution < -0.4 is 5.32 Å². The van der Waals surface area contributed by atoms with Crippen LogP contribution in [-0.2, 0) is 4.74 Å². The molecule has 0 aromatic heterocycles. The summed E-state index contributed by atoms with van der Waals surface area (Å²) in [7, 11) is 0. The van der Waals surface area contributed by atoms with E-state index in [4.69, 9.17) is 4.74 Å². The summed E-state index contributed by atoms with van der Waals surface area (Å²) in [5, 5.41) is 3.61. The summed E-state index contributed by atoms with van der Waals surface area (Å²) in [5.74, 6) is 0.831. The first-order valence-electron chi connectivity index (χ1n) is 7.83. The van der Waals surface area contributed by atoms with Crippen LogP contribution in [0.4, 0.5) is 0 Å². The third kappa shape index (κ3) is 2.32. The zero-order chi connectivity index (χ0) is 12.7. The summed E-state index contributed by atoms with van der Waals surface area (Å²) >= 11 is 0. The first kappa shape index (κ1) is 11.9. The fourth-order valence-corrected chi connectivity index (χ4v) is 3.75. The molecule has 0 bridgehead atoms. The van der Waals surface area contributed by atoms with Crippen LogP contribution in [0.15, 0.2) is 24.3 Å². The standard InChI is InChI=1S/C17H23NO/c1-2-9-17(8-1)12-18-11-16(19-17)15-5-3-4-14(10-15)13-6-7-13/h3-5,10,13,16,18H,1-2,6-9,11-12H2. The van der Waals surface area contributed by atoms with Gasteiger partial charge in [-0.05, 0) is 42.7 Å². The van der Waals surface area contributed by atoms with Gasteiger partial charge >= 0.3 is 0 Å². The third-order valence-electron chi connectivity index (χ3n) is 5.02. The highest BCUT2D eigenvalue weighted by Gasteiger charge is 2.40. The third-order valence-corrected chi connectivity index (χ3v) is 5.02. The summed E-state index contributed by atoms with van der Waals surface area (Å²) in [6, 6.07) is 9.12. The van der Waals surface area contributed by atoms with Crippen LogP contribution in [0.25, 0.3) is 0 Å². The van der Waals surface area contributed by atoms with E-state index in [1.807, 2.05) is 0 Å². The van der Waals surface area contributed by atoms with Gasteiger partial charge in [-0.3, -0.25) is 0 Å². The molecule has 102 valence electrons. The lowest BCUT2D eigenvalue weighted by Crippen LogP contribution is -2.49. The van der Waals surface area contributed by atoms with Gasteiger partial charge in [-0.1, -0.05) is 37.1 Å². The lowest BCUT2D eigenvalue weighted by atomic mass is 9.96. The van der Waals surface area contributed by atoms with E-state index in [0.717, 1.165) is 19.0 Å². The number of morpholine rings is 1. The van der Waals surface area contributed by atoms with Gasteiger partial charge in [0.1, 0.15) is 0 Å². The Labute approximate surface area is 115 Å². The lowest BCUT2D eigenvalue weighted by Gasteiger charge is -2.39. The fraction of sp³-hybridized carbons (Fsp3) is 0.647. The lowest BCUT2D eigenvalue weighted by molar-refractivity contribution is -0.114. The van der Waals surface area contributed by atoms with Crippen LogP contribution >= 0.6 is 0 Å². The predicted octanol–water partition coefficient (Wildman–Crippen LogP) is 3.54. The van der Waals surface area contributed by atoms with Crippen molar-refractivity contribution in [2.45, 2.75) is 56.1 Å². The second kappa shape index (κ2) is 4.60. The molecule has 1 aliphatic heterocycles. The average molecular weight is 257 g/mol. The molecule has 3 fully saturated rings. The van der Waals surface area contributed by atoms with Crippen molar-refractivity contribution >= 4 is 0 Å². The Kier molecular flexibility index (Phi) is 2.89. The minimum atomic E-state index is 0.137. The summed E-state index contributed by atoms with van der Waals surface area (Å²) in [5.41, 5.74) is 3.04. The molecule has 1 N–H and O–H groups in total. The SMILES string of the molecule is c1cc(C2CC2)cc(C2CNCC3(CCCC3)O2)c1. The summed E-state index contributed by atoms with van der Waals surface area (Å²) < 4.78 is 6.51. The number of ether oxygens (including phenoxy) is 1. The maximum absolute atomic E-state index is 6.51. The van der Waals surface area contributed by atoms with Crippen molar-refractivity contribution in [1.82, 2.24) is 5.32 Å². The molecule has 1 heterocycles. The largest absolute Gasteiger partial charge is 0.364 e. The second-order valence-electron chi connectivity index (χ2n) is 6.57.